The average molecular weight is 902 g/mol. The Morgan fingerprint density at radius 3 is 1.95 bits per heavy atom. The number of hydrogen-bond acceptors (Lipinski definition) is 18. The molecule has 65 heavy (non-hydrogen) atoms. The van der Waals surface area contributed by atoms with Crippen LogP contribution in [0.4, 0.5) is 0 Å². The molecular weight excluding hydrogens is 851 g/mol. The third-order valence-electron chi connectivity index (χ3n) is 13.3. The molecule has 1 saturated heterocycles. The normalized spacial score (nSPS) is 34.9. The lowest BCUT2D eigenvalue weighted by Crippen LogP contribution is -2.89. The Hall–Kier alpha value is -6.24. The van der Waals surface area contributed by atoms with E-state index in [0.29, 0.717) is 0 Å². The van der Waals surface area contributed by atoms with Crippen LogP contribution in [-0.2, 0) is 57.1 Å². The fourth-order valence-corrected chi connectivity index (χ4v) is 10.2. The second kappa shape index (κ2) is 17.6. The molecule has 7 rings (SSSR count). The molecule has 4 aliphatic rings. The zero-order valence-corrected chi connectivity index (χ0v) is 36.8. The van der Waals surface area contributed by atoms with E-state index in [1.807, 2.05) is 0 Å². The van der Waals surface area contributed by atoms with Crippen molar-refractivity contribution in [1.82, 2.24) is 4.98 Å². The molecule has 3 heterocycles. The van der Waals surface area contributed by atoms with Gasteiger partial charge in [-0.1, -0.05) is 57.2 Å². The molecule has 4 bridgehead atoms. The van der Waals surface area contributed by atoms with Crippen LogP contribution in [0.25, 0.3) is 0 Å². The smallest absolute Gasteiger partial charge is 0.340 e. The highest BCUT2D eigenvalue weighted by Crippen LogP contribution is 2.70. The summed E-state index contributed by atoms with van der Waals surface area (Å²) in [4.78, 5) is 102. The molecule has 2 aromatic carbocycles. The van der Waals surface area contributed by atoms with E-state index in [4.69, 9.17) is 37.9 Å². The summed E-state index contributed by atoms with van der Waals surface area (Å²) in [5.41, 5.74) is -10.5. The molecule has 18 heteroatoms. The molecule has 1 aromatic heterocycles. The number of aromatic nitrogens is 1. The maximum atomic E-state index is 14.5. The fourth-order valence-electron chi connectivity index (χ4n) is 10.2. The molecule has 0 unspecified atom stereocenters. The summed E-state index contributed by atoms with van der Waals surface area (Å²) in [6.45, 7) is 7.24. The van der Waals surface area contributed by atoms with Gasteiger partial charge in [-0.3, -0.25) is 24.2 Å². The lowest BCUT2D eigenvalue weighted by atomic mass is 9.45. The van der Waals surface area contributed by atoms with Crippen LogP contribution in [0.5, 0.6) is 0 Å². The molecule has 2 aliphatic carbocycles. The molecule has 13 atom stereocenters. The van der Waals surface area contributed by atoms with E-state index in [-0.39, 0.29) is 28.8 Å². The molecule has 3 aromatic rings. The number of ether oxygens (including phenoxy) is 8. The van der Waals surface area contributed by atoms with Gasteiger partial charge in [0.15, 0.2) is 17.8 Å². The number of aliphatic hydroxyl groups is 2. The summed E-state index contributed by atoms with van der Waals surface area (Å²) < 4.78 is 50.2. The first-order chi connectivity index (χ1) is 30.7. The lowest BCUT2D eigenvalue weighted by molar-refractivity contribution is -0.384. The Balaban J connectivity index is 1.62. The number of fused-ring (bicyclic) bond motifs is 5. The van der Waals surface area contributed by atoms with Crippen LogP contribution >= 0.6 is 0 Å². The zero-order chi connectivity index (χ0) is 47.2. The Bertz CT molecular complexity index is 2360. The first kappa shape index (κ1) is 46.7. The van der Waals surface area contributed by atoms with Crippen LogP contribution in [0.15, 0.2) is 79.0 Å². The van der Waals surface area contributed by atoms with E-state index in [1.165, 1.54) is 75.5 Å². The van der Waals surface area contributed by atoms with Crippen LogP contribution in [0.1, 0.15) is 97.6 Å². The summed E-state index contributed by atoms with van der Waals surface area (Å²) in [6, 6.07) is 18.0. The van der Waals surface area contributed by atoms with Gasteiger partial charge in [-0.25, -0.2) is 14.4 Å². The van der Waals surface area contributed by atoms with Crippen molar-refractivity contribution in [1.29, 1.82) is 0 Å². The molecule has 0 amide bonds. The highest BCUT2D eigenvalue weighted by atomic mass is 16.7. The second-order valence-corrected chi connectivity index (χ2v) is 17.3. The minimum atomic E-state index is -2.87. The van der Waals surface area contributed by atoms with Gasteiger partial charge in [0.2, 0.25) is 0 Å². The number of hydrogen-bond donors (Lipinski definition) is 2. The maximum absolute atomic E-state index is 14.5. The van der Waals surface area contributed by atoms with Crippen LogP contribution < -0.4 is 0 Å². The van der Waals surface area contributed by atoms with Crippen molar-refractivity contribution in [3.63, 3.8) is 0 Å². The van der Waals surface area contributed by atoms with Gasteiger partial charge in [-0.15, -0.1) is 0 Å². The van der Waals surface area contributed by atoms with E-state index >= 15 is 0 Å². The number of benzene rings is 2. The third-order valence-corrected chi connectivity index (χ3v) is 13.3. The number of esters is 7. The number of cyclic esters (lactones) is 1. The maximum Gasteiger partial charge on any atom is 0.340 e. The number of rotatable bonds is 9. The van der Waals surface area contributed by atoms with Crippen molar-refractivity contribution in [2.75, 3.05) is 13.2 Å². The van der Waals surface area contributed by atoms with Crippen molar-refractivity contribution in [2.24, 2.45) is 17.3 Å². The predicted molar refractivity (Wildman–Crippen MR) is 220 cm³/mol. The quantitative estimate of drug-likeness (QED) is 0.231. The minimum absolute atomic E-state index is 0.0189. The van der Waals surface area contributed by atoms with Crippen molar-refractivity contribution in [3.05, 3.63) is 101 Å². The highest BCUT2D eigenvalue weighted by Gasteiger charge is 2.91. The van der Waals surface area contributed by atoms with Gasteiger partial charge in [-0.05, 0) is 50.2 Å². The first-order valence-electron chi connectivity index (χ1n) is 21.2. The largest absolute Gasteiger partial charge is 0.465 e. The van der Waals surface area contributed by atoms with Gasteiger partial charge in [0.05, 0.1) is 34.2 Å². The Morgan fingerprint density at radius 1 is 0.785 bits per heavy atom. The summed E-state index contributed by atoms with van der Waals surface area (Å²) in [6.07, 6.45) is -11.5. The molecule has 0 radical (unpaired) electrons. The monoisotopic (exact) mass is 901 g/mol. The van der Waals surface area contributed by atoms with E-state index in [2.05, 4.69) is 4.98 Å². The number of carbonyl (C=O) groups excluding carboxylic acids is 7. The van der Waals surface area contributed by atoms with Gasteiger partial charge in [0.25, 0.3) is 0 Å². The second-order valence-electron chi connectivity index (χ2n) is 17.3. The lowest BCUT2D eigenvalue weighted by Gasteiger charge is -2.67. The molecule has 18 nitrogen and oxygen atoms in total. The van der Waals surface area contributed by atoms with Crippen LogP contribution in [0.3, 0.4) is 0 Å². The molecule has 1 spiro atoms. The Labute approximate surface area is 373 Å². The van der Waals surface area contributed by atoms with Gasteiger partial charge >= 0.3 is 41.8 Å². The predicted octanol–water partition coefficient (Wildman–Crippen LogP) is 3.44. The number of carbonyl (C=O) groups is 7. The van der Waals surface area contributed by atoms with E-state index in [9.17, 15) is 43.8 Å². The van der Waals surface area contributed by atoms with Gasteiger partial charge in [0.1, 0.15) is 54.2 Å². The SMILES string of the molecule is CCC(=O)O[C@H]1[C@H]2[C@H](OC(=O)c3ccccc3)[C@]34O[C@@]2(C)COC(=O)c2cccnc2[C@@H](C)[C@H](C)C(=O)O[C@@H]([C@H](O)[C@@H](OC(=O)c2ccccc2)[C@@]3(COC(C)=O)[C@@H]1OC(C)=O)[C@]4(C)O. The van der Waals surface area contributed by atoms with E-state index in [0.717, 1.165) is 20.8 Å². The average Bonchev–Trinajstić information content (AvgIpc) is 3.51. The summed E-state index contributed by atoms with van der Waals surface area (Å²) in [5.74, 6) is -10.7. The van der Waals surface area contributed by atoms with Crippen molar-refractivity contribution in [3.8, 4) is 0 Å². The van der Waals surface area contributed by atoms with Gasteiger partial charge in [0, 0.05) is 32.4 Å². The molecule has 2 aliphatic heterocycles. The Kier molecular flexibility index (Phi) is 12.7. The van der Waals surface area contributed by atoms with Crippen LogP contribution in [-0.4, -0.2) is 124 Å². The standard InChI is InChI=1S/C47H51NO17/c1-8-31(51)61-35-32-36(62-41(54)28-16-11-9-12-17-28)47-45(7,57)37(63-40(53)25(3)24(2)33-30(20-15-21-48-33)43(56)59-22-44(32,6)65-47)34(52)38(64-42(55)29-18-13-10-14-19-29)46(47,23-58-26(4)49)39(35)60-27(5)50/h9-21,24-25,32,34-39,52,57H,8,22-23H2,1-7H3/t24-,25-,32-,34-,35-,36-,37-,38+,39+,44-,45-,46-,47+/m0/s1. The van der Waals surface area contributed by atoms with E-state index < -0.39 is 132 Å². The third kappa shape index (κ3) is 7.70. The van der Waals surface area contributed by atoms with Gasteiger partial charge in [-0.2, -0.15) is 0 Å². The van der Waals surface area contributed by atoms with Crippen molar-refractivity contribution in [2.45, 2.75) is 114 Å². The van der Waals surface area contributed by atoms with Crippen LogP contribution in [0.2, 0.25) is 0 Å². The molecule has 2 N–H and O–H groups in total. The topological polar surface area (TPSA) is 247 Å². The molecule has 2 saturated carbocycles. The molecular formula is C47H51NO17. The number of aliphatic hydroxyl groups excluding tert-OH is 1. The zero-order valence-electron chi connectivity index (χ0n) is 36.8. The molecule has 346 valence electrons. The van der Waals surface area contributed by atoms with Crippen molar-refractivity contribution >= 4 is 41.8 Å². The fraction of sp³-hybridized carbons (Fsp3) is 0.489. The summed E-state index contributed by atoms with van der Waals surface area (Å²) in [7, 11) is 0. The van der Waals surface area contributed by atoms with Crippen LogP contribution in [0, 0.1) is 17.3 Å². The van der Waals surface area contributed by atoms with Crippen molar-refractivity contribution < 1.29 is 81.7 Å². The van der Waals surface area contributed by atoms with Gasteiger partial charge < -0.3 is 48.1 Å². The number of pyridine rings is 1. The minimum Gasteiger partial charge on any atom is -0.465 e. The summed E-state index contributed by atoms with van der Waals surface area (Å²) in [5, 5.41) is 26.5. The Morgan fingerprint density at radius 2 is 1.38 bits per heavy atom. The first-order valence-corrected chi connectivity index (χ1v) is 21.2. The molecule has 3 fully saturated rings. The summed E-state index contributed by atoms with van der Waals surface area (Å²) >= 11 is 0. The number of nitrogens with zero attached hydrogens (tertiary/aromatic N) is 1. The van der Waals surface area contributed by atoms with E-state index in [1.54, 1.807) is 31.2 Å². The highest BCUT2D eigenvalue weighted by molar-refractivity contribution is 5.92.